The summed E-state index contributed by atoms with van der Waals surface area (Å²) < 4.78 is 5.26. The Balaban J connectivity index is 2.07. The summed E-state index contributed by atoms with van der Waals surface area (Å²) >= 11 is 0. The fourth-order valence-electron chi connectivity index (χ4n) is 2.30. The van der Waals surface area contributed by atoms with Gasteiger partial charge in [-0.05, 0) is 27.2 Å². The second kappa shape index (κ2) is 3.45. The fraction of sp³-hybridized carbons (Fsp3) is 0.818. The number of carbonyl (C=O) groups is 2. The van der Waals surface area contributed by atoms with Crippen molar-refractivity contribution in [2.24, 2.45) is 5.92 Å². The molecule has 0 aliphatic carbocycles. The number of carbonyl (C=O) groups excluding carboxylic acids is 1. The van der Waals surface area contributed by atoms with Crippen molar-refractivity contribution < 1.29 is 19.4 Å². The van der Waals surface area contributed by atoms with Crippen molar-refractivity contribution >= 4 is 11.9 Å². The number of hydrogen-bond acceptors (Lipinski definition) is 4. The van der Waals surface area contributed by atoms with E-state index in [0.29, 0.717) is 6.42 Å². The lowest BCUT2D eigenvalue weighted by Crippen LogP contribution is -2.41. The smallest absolute Gasteiger partial charge is 0.324 e. The molecule has 2 saturated heterocycles. The van der Waals surface area contributed by atoms with Crippen LogP contribution < -0.4 is 0 Å². The summed E-state index contributed by atoms with van der Waals surface area (Å²) in [5.41, 5.74) is -0.561. The van der Waals surface area contributed by atoms with Crippen LogP contribution in [0.2, 0.25) is 0 Å². The van der Waals surface area contributed by atoms with Crippen LogP contribution in [0.3, 0.4) is 0 Å². The highest BCUT2D eigenvalue weighted by Gasteiger charge is 2.57. The maximum atomic E-state index is 11.9. The van der Waals surface area contributed by atoms with Gasteiger partial charge in [0.2, 0.25) is 0 Å². The molecule has 0 aromatic carbocycles. The number of hydrogen-bond donors (Lipinski definition) is 1. The monoisotopic (exact) mass is 227 g/mol. The molecule has 0 bridgehead atoms. The maximum Gasteiger partial charge on any atom is 0.324 e. The molecule has 2 rings (SSSR count). The van der Waals surface area contributed by atoms with Gasteiger partial charge in [-0.25, -0.2) is 0 Å². The van der Waals surface area contributed by atoms with E-state index in [2.05, 4.69) is 0 Å². The van der Waals surface area contributed by atoms with Gasteiger partial charge in [0.05, 0.1) is 5.92 Å². The zero-order valence-electron chi connectivity index (χ0n) is 9.77. The molecular weight excluding hydrogens is 210 g/mol. The number of aliphatic carboxylic acids is 1. The summed E-state index contributed by atoms with van der Waals surface area (Å²) in [6.07, 6.45) is 0.569. The lowest BCUT2D eigenvalue weighted by atomic mass is 9.97. The average molecular weight is 227 g/mol. The predicted octanol–water partition coefficient (Wildman–Crippen LogP) is 0.485. The van der Waals surface area contributed by atoms with Crippen molar-refractivity contribution in [3.8, 4) is 0 Å². The van der Waals surface area contributed by atoms with Crippen LogP contribution >= 0.6 is 0 Å². The normalized spacial score (nSPS) is 36.7. The second-order valence-electron chi connectivity index (χ2n) is 5.51. The molecule has 2 unspecified atom stereocenters. The first-order valence-electron chi connectivity index (χ1n) is 5.51. The molecule has 2 fully saturated rings. The van der Waals surface area contributed by atoms with E-state index in [-0.39, 0.29) is 6.04 Å². The third-order valence-electron chi connectivity index (χ3n) is 2.99. The van der Waals surface area contributed by atoms with Crippen LogP contribution in [0.1, 0.15) is 27.2 Å². The van der Waals surface area contributed by atoms with Crippen LogP contribution in [0.5, 0.6) is 0 Å². The first-order valence-corrected chi connectivity index (χ1v) is 5.51. The van der Waals surface area contributed by atoms with Crippen molar-refractivity contribution in [3.05, 3.63) is 0 Å². The molecule has 4 atom stereocenters. The lowest BCUT2D eigenvalue weighted by Gasteiger charge is -2.25. The van der Waals surface area contributed by atoms with E-state index in [4.69, 9.17) is 9.84 Å². The van der Waals surface area contributed by atoms with Gasteiger partial charge in [0.1, 0.15) is 11.6 Å². The molecule has 0 spiro atoms. The summed E-state index contributed by atoms with van der Waals surface area (Å²) in [5, 5.41) is 9.03. The van der Waals surface area contributed by atoms with Gasteiger partial charge < -0.3 is 9.84 Å². The lowest BCUT2D eigenvalue weighted by molar-refractivity contribution is -0.164. The number of piperidine rings is 1. The molecule has 0 aromatic heterocycles. The second-order valence-corrected chi connectivity index (χ2v) is 5.51. The molecule has 0 saturated carbocycles. The molecule has 2 heterocycles. The summed E-state index contributed by atoms with van der Waals surface area (Å²) in [6, 6.07) is -0.305. The fourth-order valence-corrected chi connectivity index (χ4v) is 2.30. The molecule has 5 nitrogen and oxygen atoms in total. The molecular formula is C11H17NO4. The number of carboxylic acids is 1. The quantitative estimate of drug-likeness (QED) is 0.549. The van der Waals surface area contributed by atoms with Crippen molar-refractivity contribution in [1.82, 2.24) is 4.90 Å². The topological polar surface area (TPSA) is 66.6 Å². The van der Waals surface area contributed by atoms with Crippen molar-refractivity contribution in [3.63, 3.8) is 0 Å². The van der Waals surface area contributed by atoms with Gasteiger partial charge in [-0.3, -0.25) is 14.5 Å². The Morgan fingerprint density at radius 1 is 1.38 bits per heavy atom. The number of fused-ring (bicyclic) bond motifs is 1. The van der Waals surface area contributed by atoms with Gasteiger partial charge in [-0.2, -0.15) is 0 Å². The van der Waals surface area contributed by atoms with Crippen molar-refractivity contribution in [1.29, 1.82) is 0 Å². The van der Waals surface area contributed by atoms with Gasteiger partial charge in [0.15, 0.2) is 0 Å². The SMILES string of the molecule is CC(C)(C)OC(=O)C1[C@@H](C(=O)O)C[C@@H]2CN12. The molecule has 90 valence electrons. The molecule has 0 amide bonds. The van der Waals surface area contributed by atoms with Gasteiger partial charge in [-0.1, -0.05) is 0 Å². The highest BCUT2D eigenvalue weighted by atomic mass is 16.6. The Morgan fingerprint density at radius 3 is 2.50 bits per heavy atom. The van der Waals surface area contributed by atoms with Gasteiger partial charge in [0, 0.05) is 12.6 Å². The minimum absolute atomic E-state index is 0.276. The molecule has 0 aromatic rings. The first-order chi connectivity index (χ1) is 7.29. The minimum atomic E-state index is -0.900. The van der Waals surface area contributed by atoms with Crippen molar-refractivity contribution in [2.75, 3.05) is 6.54 Å². The molecule has 16 heavy (non-hydrogen) atoms. The average Bonchev–Trinajstić information content (AvgIpc) is 2.73. The van der Waals surface area contributed by atoms with Crippen LogP contribution in [0, 0.1) is 5.92 Å². The van der Waals surface area contributed by atoms with Gasteiger partial charge in [-0.15, -0.1) is 0 Å². The van der Waals surface area contributed by atoms with E-state index >= 15 is 0 Å². The van der Waals surface area contributed by atoms with E-state index in [1.54, 1.807) is 20.8 Å². The first kappa shape index (κ1) is 11.4. The summed E-state index contributed by atoms with van der Waals surface area (Å²) in [7, 11) is 0. The van der Waals surface area contributed by atoms with Gasteiger partial charge in [0.25, 0.3) is 0 Å². The molecule has 0 radical (unpaired) electrons. The van der Waals surface area contributed by atoms with Crippen LogP contribution in [-0.2, 0) is 14.3 Å². The van der Waals surface area contributed by atoms with Crippen LogP contribution in [0.15, 0.2) is 0 Å². The van der Waals surface area contributed by atoms with E-state index < -0.39 is 29.5 Å². The maximum absolute atomic E-state index is 11.9. The summed E-state index contributed by atoms with van der Waals surface area (Å²) in [5.74, 6) is -1.91. The Bertz CT molecular complexity index is 333. The third-order valence-corrected chi connectivity index (χ3v) is 2.99. The van der Waals surface area contributed by atoms with E-state index in [1.807, 2.05) is 4.90 Å². The summed E-state index contributed by atoms with van der Waals surface area (Å²) in [4.78, 5) is 24.8. The Kier molecular flexibility index (Phi) is 2.45. The predicted molar refractivity (Wildman–Crippen MR) is 55.9 cm³/mol. The molecule has 1 N–H and O–H groups in total. The van der Waals surface area contributed by atoms with E-state index in [0.717, 1.165) is 6.54 Å². The molecule has 2 aliphatic rings. The largest absolute Gasteiger partial charge is 0.481 e. The zero-order valence-corrected chi connectivity index (χ0v) is 9.77. The molecule has 2 aliphatic heterocycles. The van der Waals surface area contributed by atoms with Crippen LogP contribution in [0.25, 0.3) is 0 Å². The number of rotatable bonds is 2. The minimum Gasteiger partial charge on any atom is -0.481 e. The zero-order chi connectivity index (χ0) is 12.1. The number of esters is 1. The van der Waals surface area contributed by atoms with E-state index in [1.165, 1.54) is 0 Å². The highest BCUT2D eigenvalue weighted by molar-refractivity contribution is 5.85. The van der Waals surface area contributed by atoms with Crippen LogP contribution in [0.4, 0.5) is 0 Å². The Hall–Kier alpha value is -1.10. The molecule has 5 heteroatoms. The number of carboxylic acid groups (broad SMARTS) is 1. The number of nitrogens with zero attached hydrogens (tertiary/aromatic N) is 1. The Morgan fingerprint density at radius 2 is 2.00 bits per heavy atom. The van der Waals surface area contributed by atoms with Crippen LogP contribution in [-0.4, -0.2) is 46.2 Å². The summed E-state index contributed by atoms with van der Waals surface area (Å²) in [6.45, 7) is 6.19. The van der Waals surface area contributed by atoms with E-state index in [9.17, 15) is 9.59 Å². The number of ether oxygens (including phenoxy) is 1. The van der Waals surface area contributed by atoms with Crippen molar-refractivity contribution in [2.45, 2.75) is 44.9 Å². The standard InChI is InChI=1S/C11H17NO4/c1-11(2,3)16-10(15)8-7(9(13)14)4-6-5-12(6)8/h6-8H,4-5H2,1-3H3,(H,13,14)/t6-,7+,8?,12?/m1/s1. The highest BCUT2D eigenvalue weighted by Crippen LogP contribution is 2.41. The van der Waals surface area contributed by atoms with Gasteiger partial charge >= 0.3 is 11.9 Å². The third kappa shape index (κ3) is 2.04. The Labute approximate surface area is 94.4 Å².